The van der Waals surface area contributed by atoms with Crippen LogP contribution >= 0.6 is 23.1 Å². The summed E-state index contributed by atoms with van der Waals surface area (Å²) in [6.07, 6.45) is 3.48. The second-order valence-electron chi connectivity index (χ2n) is 10.9. The number of aliphatic hydroxyl groups excluding tert-OH is 1. The summed E-state index contributed by atoms with van der Waals surface area (Å²) in [5, 5.41) is 16.2. The molecular formula is C29H43N5O4S2. The summed E-state index contributed by atoms with van der Waals surface area (Å²) in [5.74, 6) is -0.141. The van der Waals surface area contributed by atoms with Crippen LogP contribution in [0.3, 0.4) is 0 Å². The second-order valence-corrected chi connectivity index (χ2v) is 13.5. The van der Waals surface area contributed by atoms with Gasteiger partial charge in [-0.05, 0) is 57.0 Å². The molecule has 1 aliphatic heterocycles. The van der Waals surface area contributed by atoms with Crippen molar-refractivity contribution >= 4 is 40.8 Å². The Hall–Kier alpha value is -2.47. The smallest absolute Gasteiger partial charge is 0.247 e. The molecule has 2 heterocycles. The summed E-state index contributed by atoms with van der Waals surface area (Å²) in [6, 6.07) is 6.30. The number of carbonyl (C=O) groups is 3. The highest BCUT2D eigenvalue weighted by Gasteiger charge is 2.45. The van der Waals surface area contributed by atoms with E-state index in [0.717, 1.165) is 53.1 Å². The van der Waals surface area contributed by atoms with Gasteiger partial charge in [-0.15, -0.1) is 11.3 Å². The molecule has 0 bridgehead atoms. The number of rotatable bonds is 14. The van der Waals surface area contributed by atoms with Crippen molar-refractivity contribution in [3.63, 3.8) is 0 Å². The van der Waals surface area contributed by atoms with Crippen LogP contribution in [0.15, 0.2) is 29.8 Å². The Morgan fingerprint density at radius 2 is 1.90 bits per heavy atom. The zero-order chi connectivity index (χ0) is 29.3. The molecule has 2 aromatic rings. The van der Waals surface area contributed by atoms with E-state index in [1.165, 1.54) is 11.8 Å². The summed E-state index contributed by atoms with van der Waals surface area (Å²) in [7, 11) is 0. The SMILES string of the molecule is CC(=O)NC(C(=O)N1CC(O)CC1C(=O)NCc1ccc(-c2scnc2C)cc1)C(C)(C)SCCCCCCN. The largest absolute Gasteiger partial charge is 0.391 e. The van der Waals surface area contributed by atoms with Crippen LogP contribution in [0.25, 0.3) is 10.4 Å². The maximum atomic E-state index is 13.8. The van der Waals surface area contributed by atoms with Crippen LogP contribution in [-0.4, -0.2) is 74.5 Å². The van der Waals surface area contributed by atoms with Crippen molar-refractivity contribution in [3.05, 3.63) is 41.0 Å². The number of likely N-dealkylation sites (tertiary alicyclic amines) is 1. The lowest BCUT2D eigenvalue weighted by Gasteiger charge is -2.37. The second kappa shape index (κ2) is 15.0. The van der Waals surface area contributed by atoms with Gasteiger partial charge in [0.25, 0.3) is 0 Å². The van der Waals surface area contributed by atoms with Gasteiger partial charge in [0, 0.05) is 31.2 Å². The molecule has 0 aliphatic carbocycles. The number of nitrogens with two attached hydrogens (primary N) is 1. The fraction of sp³-hybridized carbons (Fsp3) is 0.586. The fourth-order valence-corrected chi connectivity index (χ4v) is 6.90. The monoisotopic (exact) mass is 589 g/mol. The summed E-state index contributed by atoms with van der Waals surface area (Å²) >= 11 is 3.22. The van der Waals surface area contributed by atoms with Crippen molar-refractivity contribution in [2.24, 2.45) is 5.73 Å². The molecule has 9 nitrogen and oxygen atoms in total. The molecule has 3 unspecified atom stereocenters. The first-order valence-electron chi connectivity index (χ1n) is 13.9. The Labute approximate surface area is 245 Å². The number of hydrogen-bond acceptors (Lipinski definition) is 8. The summed E-state index contributed by atoms with van der Waals surface area (Å²) < 4.78 is -0.608. The highest BCUT2D eigenvalue weighted by molar-refractivity contribution is 8.00. The Morgan fingerprint density at radius 3 is 2.52 bits per heavy atom. The van der Waals surface area contributed by atoms with E-state index in [9.17, 15) is 19.5 Å². The molecule has 1 aromatic heterocycles. The molecule has 220 valence electrons. The van der Waals surface area contributed by atoms with Gasteiger partial charge in [0.05, 0.1) is 22.2 Å². The Kier molecular flexibility index (Phi) is 12.0. The number of nitrogens with one attached hydrogen (secondary N) is 2. The molecule has 40 heavy (non-hydrogen) atoms. The third-order valence-corrected chi connectivity index (χ3v) is 9.61. The topological polar surface area (TPSA) is 138 Å². The third kappa shape index (κ3) is 8.76. The molecule has 1 fully saturated rings. The number of aryl methyl sites for hydroxylation is 1. The van der Waals surface area contributed by atoms with Gasteiger partial charge < -0.3 is 26.4 Å². The summed E-state index contributed by atoms with van der Waals surface area (Å²) in [6.45, 7) is 8.28. The Balaban J connectivity index is 1.64. The molecule has 11 heteroatoms. The van der Waals surface area contributed by atoms with Crippen LogP contribution < -0.4 is 16.4 Å². The minimum Gasteiger partial charge on any atom is -0.391 e. The van der Waals surface area contributed by atoms with Crippen LogP contribution in [0.1, 0.15) is 64.1 Å². The van der Waals surface area contributed by atoms with Crippen molar-refractivity contribution in [1.29, 1.82) is 0 Å². The molecule has 3 amide bonds. The number of unbranched alkanes of at least 4 members (excludes halogenated alkanes) is 3. The minimum absolute atomic E-state index is 0.0513. The summed E-state index contributed by atoms with van der Waals surface area (Å²) in [5.41, 5.74) is 10.4. The van der Waals surface area contributed by atoms with Gasteiger partial charge in [-0.25, -0.2) is 4.98 Å². The molecule has 0 radical (unpaired) electrons. The van der Waals surface area contributed by atoms with Crippen molar-refractivity contribution < 1.29 is 19.5 Å². The lowest BCUT2D eigenvalue weighted by molar-refractivity contribution is -0.142. The summed E-state index contributed by atoms with van der Waals surface area (Å²) in [4.78, 5) is 46.0. The van der Waals surface area contributed by atoms with Crippen LogP contribution in [0.4, 0.5) is 0 Å². The van der Waals surface area contributed by atoms with Gasteiger partial charge in [-0.3, -0.25) is 14.4 Å². The average molecular weight is 590 g/mol. The fourth-order valence-electron chi connectivity index (χ4n) is 4.89. The van der Waals surface area contributed by atoms with Gasteiger partial charge in [0.2, 0.25) is 17.7 Å². The number of amides is 3. The van der Waals surface area contributed by atoms with Gasteiger partial charge in [-0.2, -0.15) is 11.8 Å². The molecule has 1 saturated heterocycles. The van der Waals surface area contributed by atoms with Crippen LogP contribution in [0.2, 0.25) is 0 Å². The molecule has 0 saturated carbocycles. The van der Waals surface area contributed by atoms with Crippen molar-refractivity contribution in [1.82, 2.24) is 20.5 Å². The van der Waals surface area contributed by atoms with E-state index in [2.05, 4.69) is 15.6 Å². The number of hydrogen-bond donors (Lipinski definition) is 4. The maximum Gasteiger partial charge on any atom is 0.247 e. The van der Waals surface area contributed by atoms with Gasteiger partial charge in [-0.1, -0.05) is 37.1 Å². The van der Waals surface area contributed by atoms with E-state index < -0.39 is 22.9 Å². The van der Waals surface area contributed by atoms with Crippen molar-refractivity contribution in [3.8, 4) is 10.4 Å². The average Bonchev–Trinajstić information content (AvgIpc) is 3.53. The number of nitrogens with zero attached hydrogens (tertiary/aromatic N) is 2. The van der Waals surface area contributed by atoms with Gasteiger partial charge in [0.1, 0.15) is 12.1 Å². The number of β-amino-alcohol motifs (C(OH)–C–C–N with tert-alkyl or cyclic N) is 1. The van der Waals surface area contributed by atoms with E-state index in [1.54, 1.807) is 23.1 Å². The molecular weight excluding hydrogens is 546 g/mol. The molecule has 5 N–H and O–H groups in total. The zero-order valence-electron chi connectivity index (χ0n) is 23.9. The van der Waals surface area contributed by atoms with E-state index in [1.807, 2.05) is 50.5 Å². The zero-order valence-corrected chi connectivity index (χ0v) is 25.6. The standard InChI is InChI=1S/C29H43N5O4S2/c1-19-25(39-18-32-19)22-11-9-21(10-12-22)16-31-27(37)24-15-23(36)17-34(24)28(38)26(33-20(2)35)29(3,4)40-14-8-6-5-7-13-30/h9-12,18,23-24,26,36H,5-8,13-17,30H2,1-4H3,(H,31,37)(H,33,35). The molecule has 3 rings (SSSR count). The lowest BCUT2D eigenvalue weighted by Crippen LogP contribution is -2.59. The first kappa shape index (κ1) is 32.0. The number of aromatic nitrogens is 1. The maximum absolute atomic E-state index is 13.8. The van der Waals surface area contributed by atoms with E-state index >= 15 is 0 Å². The number of thiazole rings is 1. The first-order chi connectivity index (χ1) is 19.0. The van der Waals surface area contributed by atoms with Crippen molar-refractivity contribution in [2.45, 2.75) is 89.3 Å². The quantitative estimate of drug-likeness (QED) is 0.248. The highest BCUT2D eigenvalue weighted by atomic mass is 32.2. The normalized spacial score (nSPS) is 18.0. The van der Waals surface area contributed by atoms with E-state index in [0.29, 0.717) is 13.1 Å². The number of benzene rings is 1. The molecule has 3 atom stereocenters. The van der Waals surface area contributed by atoms with Crippen LogP contribution in [0, 0.1) is 6.92 Å². The van der Waals surface area contributed by atoms with Crippen molar-refractivity contribution in [2.75, 3.05) is 18.8 Å². The van der Waals surface area contributed by atoms with Gasteiger partial charge in [0.15, 0.2) is 0 Å². The first-order valence-corrected chi connectivity index (χ1v) is 15.8. The molecule has 0 spiro atoms. The predicted octanol–water partition coefficient (Wildman–Crippen LogP) is 3.23. The number of carbonyl (C=O) groups excluding carboxylic acids is 3. The molecule has 1 aliphatic rings. The van der Waals surface area contributed by atoms with E-state index in [-0.39, 0.29) is 30.7 Å². The van der Waals surface area contributed by atoms with Crippen LogP contribution in [-0.2, 0) is 20.9 Å². The van der Waals surface area contributed by atoms with E-state index in [4.69, 9.17) is 5.73 Å². The van der Waals surface area contributed by atoms with Crippen LogP contribution in [0.5, 0.6) is 0 Å². The Morgan fingerprint density at radius 1 is 1.20 bits per heavy atom. The van der Waals surface area contributed by atoms with Gasteiger partial charge >= 0.3 is 0 Å². The molecule has 1 aromatic carbocycles. The Bertz CT molecular complexity index is 1140. The minimum atomic E-state index is -0.831. The highest BCUT2D eigenvalue weighted by Crippen LogP contribution is 2.32. The third-order valence-electron chi connectivity index (χ3n) is 7.16. The number of thioether (sulfide) groups is 1. The predicted molar refractivity (Wildman–Crippen MR) is 162 cm³/mol. The number of aliphatic hydroxyl groups is 1. The lowest BCUT2D eigenvalue weighted by atomic mass is 10.0.